The van der Waals surface area contributed by atoms with Gasteiger partial charge in [-0.3, -0.25) is 14.2 Å². The third-order valence-corrected chi connectivity index (χ3v) is 5.77. The number of benzene rings is 2. The summed E-state index contributed by atoms with van der Waals surface area (Å²) in [5, 5.41) is 0.585. The zero-order valence-electron chi connectivity index (χ0n) is 15.5. The molecular weight excluding hydrogens is 398 g/mol. The molecule has 0 radical (unpaired) electrons. The van der Waals surface area contributed by atoms with Gasteiger partial charge in [-0.05, 0) is 56.2 Å². The molecule has 8 heteroatoms. The summed E-state index contributed by atoms with van der Waals surface area (Å²) in [5.41, 5.74) is 0.895. The van der Waals surface area contributed by atoms with Crippen molar-refractivity contribution < 1.29 is 18.3 Å². The molecule has 1 aliphatic carbocycles. The van der Waals surface area contributed by atoms with Gasteiger partial charge < -0.3 is 4.74 Å². The van der Waals surface area contributed by atoms with E-state index < -0.39 is 11.9 Å². The fourth-order valence-corrected chi connectivity index (χ4v) is 4.17. The second kappa shape index (κ2) is 7.94. The van der Waals surface area contributed by atoms with E-state index in [4.69, 9.17) is 0 Å². The van der Waals surface area contributed by atoms with Crippen molar-refractivity contribution in [3.63, 3.8) is 0 Å². The van der Waals surface area contributed by atoms with Crippen molar-refractivity contribution in [1.29, 1.82) is 0 Å². The average Bonchev–Trinajstić information content (AvgIpc) is 3.53. The zero-order chi connectivity index (χ0) is 20.5. The molecule has 1 atom stereocenters. The summed E-state index contributed by atoms with van der Waals surface area (Å²) in [6.07, 6.45) is 1.84. The van der Waals surface area contributed by atoms with Crippen LogP contribution in [0.2, 0.25) is 0 Å². The van der Waals surface area contributed by atoms with Crippen molar-refractivity contribution in [2.45, 2.75) is 42.8 Å². The fourth-order valence-electron chi connectivity index (χ4n) is 3.11. The van der Waals surface area contributed by atoms with Crippen molar-refractivity contribution in [2.24, 2.45) is 0 Å². The Bertz CT molecular complexity index is 1110. The van der Waals surface area contributed by atoms with Crippen LogP contribution in [0.1, 0.15) is 36.2 Å². The first-order valence-corrected chi connectivity index (χ1v) is 10.1. The van der Waals surface area contributed by atoms with E-state index >= 15 is 0 Å². The Labute approximate surface area is 169 Å². The highest BCUT2D eigenvalue weighted by molar-refractivity contribution is 8.00. The summed E-state index contributed by atoms with van der Waals surface area (Å²) < 4.78 is 30.6. The van der Waals surface area contributed by atoms with Gasteiger partial charge in [0.05, 0.1) is 16.2 Å². The molecule has 0 amide bonds. The maximum Gasteiger partial charge on any atom is 0.387 e. The second-order valence-corrected chi connectivity index (χ2v) is 8.15. The van der Waals surface area contributed by atoms with Crippen LogP contribution in [0.4, 0.5) is 8.78 Å². The number of nitrogens with zero attached hydrogens (tertiary/aromatic N) is 2. The number of ether oxygens (including phenoxy) is 1. The number of fused-ring (bicyclic) bond motifs is 1. The van der Waals surface area contributed by atoms with E-state index in [9.17, 15) is 18.4 Å². The van der Waals surface area contributed by atoms with E-state index in [1.807, 2.05) is 12.1 Å². The topological polar surface area (TPSA) is 61.2 Å². The predicted octanol–water partition coefficient (Wildman–Crippen LogP) is 4.70. The normalized spacial score (nSPS) is 14.9. The van der Waals surface area contributed by atoms with Gasteiger partial charge in [0.25, 0.3) is 5.56 Å². The van der Waals surface area contributed by atoms with E-state index in [1.54, 1.807) is 23.6 Å². The smallest absolute Gasteiger partial charge is 0.387 e. The van der Waals surface area contributed by atoms with Crippen molar-refractivity contribution in [2.75, 3.05) is 0 Å². The van der Waals surface area contributed by atoms with Gasteiger partial charge in [-0.1, -0.05) is 23.9 Å². The average molecular weight is 416 g/mol. The van der Waals surface area contributed by atoms with Gasteiger partial charge in [-0.25, -0.2) is 4.98 Å². The van der Waals surface area contributed by atoms with Crippen LogP contribution in [0.15, 0.2) is 58.5 Å². The monoisotopic (exact) mass is 416 g/mol. The van der Waals surface area contributed by atoms with Crippen molar-refractivity contribution in [1.82, 2.24) is 9.55 Å². The van der Waals surface area contributed by atoms with Gasteiger partial charge in [0.2, 0.25) is 0 Å². The molecular formula is C21H18F2N2O3S. The Hall–Kier alpha value is -2.74. The molecule has 1 aromatic heterocycles. The quantitative estimate of drug-likeness (QED) is 0.318. The minimum absolute atomic E-state index is 0.00405. The van der Waals surface area contributed by atoms with Gasteiger partial charge in [-0.2, -0.15) is 8.78 Å². The number of rotatable bonds is 7. The number of halogens is 2. The van der Waals surface area contributed by atoms with Crippen LogP contribution in [-0.4, -0.2) is 27.2 Å². The van der Waals surface area contributed by atoms with Crippen LogP contribution in [-0.2, 0) is 0 Å². The lowest BCUT2D eigenvalue weighted by molar-refractivity contribution is -0.0498. The minimum atomic E-state index is -2.91. The molecule has 2 aromatic carbocycles. The van der Waals surface area contributed by atoms with E-state index in [2.05, 4.69) is 9.72 Å². The number of aromatic nitrogens is 2. The number of alkyl halides is 2. The molecule has 29 heavy (non-hydrogen) atoms. The van der Waals surface area contributed by atoms with Gasteiger partial charge >= 0.3 is 6.61 Å². The fraction of sp³-hybridized carbons (Fsp3) is 0.286. The zero-order valence-corrected chi connectivity index (χ0v) is 16.4. The molecule has 0 bridgehead atoms. The van der Waals surface area contributed by atoms with Crippen LogP contribution >= 0.6 is 11.8 Å². The number of hydrogen-bond acceptors (Lipinski definition) is 5. The molecule has 4 rings (SSSR count). The van der Waals surface area contributed by atoms with E-state index in [0.717, 1.165) is 12.8 Å². The van der Waals surface area contributed by atoms with Crippen molar-refractivity contribution in [3.05, 3.63) is 64.4 Å². The molecule has 1 saturated carbocycles. The lowest BCUT2D eigenvalue weighted by Crippen LogP contribution is -2.24. The maximum absolute atomic E-state index is 12.9. The molecule has 5 nitrogen and oxygen atoms in total. The van der Waals surface area contributed by atoms with Gasteiger partial charge in [0.15, 0.2) is 10.9 Å². The number of thioether (sulfide) groups is 1. The summed E-state index contributed by atoms with van der Waals surface area (Å²) in [4.78, 5) is 30.4. The first-order chi connectivity index (χ1) is 13.9. The highest BCUT2D eigenvalue weighted by atomic mass is 32.2. The maximum atomic E-state index is 12.9. The SMILES string of the molecule is C[C@@H](Sc1nc2ccccc2c(=O)n1C1CC1)C(=O)c1ccc(OC(F)F)cc1. The Balaban J connectivity index is 1.60. The predicted molar refractivity (Wildman–Crippen MR) is 107 cm³/mol. The van der Waals surface area contributed by atoms with E-state index in [0.29, 0.717) is 21.6 Å². The van der Waals surface area contributed by atoms with Gasteiger partial charge in [-0.15, -0.1) is 0 Å². The Morgan fingerprint density at radius 1 is 1.17 bits per heavy atom. The Morgan fingerprint density at radius 3 is 2.52 bits per heavy atom. The van der Waals surface area contributed by atoms with Crippen molar-refractivity contribution >= 4 is 28.4 Å². The number of para-hydroxylation sites is 1. The largest absolute Gasteiger partial charge is 0.435 e. The van der Waals surface area contributed by atoms with Crippen LogP contribution in [0, 0.1) is 0 Å². The molecule has 1 fully saturated rings. The van der Waals surface area contributed by atoms with Crippen molar-refractivity contribution in [3.8, 4) is 5.75 Å². The number of hydrogen-bond donors (Lipinski definition) is 0. The summed E-state index contributed by atoms with van der Waals surface area (Å²) in [6, 6.07) is 12.9. The molecule has 150 valence electrons. The third kappa shape index (κ3) is 4.17. The molecule has 0 spiro atoms. The summed E-state index contributed by atoms with van der Waals surface area (Å²) in [6.45, 7) is -1.17. The first-order valence-electron chi connectivity index (χ1n) is 9.21. The molecule has 1 aliphatic rings. The number of Topliss-reactive ketones (excluding diaryl/α,β-unsaturated/α-hetero) is 1. The highest BCUT2D eigenvalue weighted by Gasteiger charge is 2.30. The molecule has 0 N–H and O–H groups in total. The molecule has 1 heterocycles. The van der Waals surface area contributed by atoms with Crippen LogP contribution in [0.5, 0.6) is 5.75 Å². The first kappa shape index (κ1) is 19.6. The third-order valence-electron chi connectivity index (χ3n) is 4.70. The van der Waals surface area contributed by atoms with E-state index in [-0.39, 0.29) is 23.1 Å². The van der Waals surface area contributed by atoms with Crippen LogP contribution in [0.25, 0.3) is 10.9 Å². The standard InChI is InChI=1S/C21H18F2N2O3S/c1-12(18(26)13-6-10-15(11-7-13)28-20(22)23)29-21-24-17-5-3-2-4-16(17)19(27)25(21)14-8-9-14/h2-7,10-12,14,20H,8-9H2,1H3/t12-/m1/s1. The molecule has 0 aliphatic heterocycles. The van der Waals surface area contributed by atoms with Crippen LogP contribution < -0.4 is 10.3 Å². The number of ketones is 1. The number of carbonyl (C=O) groups is 1. The number of carbonyl (C=O) groups excluding carboxylic acids is 1. The lowest BCUT2D eigenvalue weighted by Gasteiger charge is -2.15. The molecule has 0 saturated heterocycles. The Morgan fingerprint density at radius 2 is 1.86 bits per heavy atom. The van der Waals surface area contributed by atoms with E-state index in [1.165, 1.54) is 36.0 Å². The summed E-state index contributed by atoms with van der Waals surface area (Å²) in [7, 11) is 0. The Kier molecular flexibility index (Phi) is 5.36. The lowest BCUT2D eigenvalue weighted by atomic mass is 10.1. The second-order valence-electron chi connectivity index (χ2n) is 6.85. The minimum Gasteiger partial charge on any atom is -0.435 e. The van der Waals surface area contributed by atoms with Crippen LogP contribution in [0.3, 0.4) is 0 Å². The van der Waals surface area contributed by atoms with Gasteiger partial charge in [0.1, 0.15) is 5.75 Å². The molecule has 0 unspecified atom stereocenters. The summed E-state index contributed by atoms with van der Waals surface area (Å²) in [5.74, 6) is -0.182. The summed E-state index contributed by atoms with van der Waals surface area (Å²) >= 11 is 1.24. The van der Waals surface area contributed by atoms with Gasteiger partial charge in [0, 0.05) is 11.6 Å². The highest BCUT2D eigenvalue weighted by Crippen LogP contribution is 2.38. The molecule has 3 aromatic rings.